The molecule has 3 aromatic carbocycles. The highest BCUT2D eigenvalue weighted by molar-refractivity contribution is 6.31. The van der Waals surface area contributed by atoms with E-state index in [1.165, 1.54) is 0 Å². The number of fused-ring (bicyclic) bond motifs is 3. The maximum absolute atomic E-state index is 12.4. The van der Waals surface area contributed by atoms with Crippen molar-refractivity contribution in [2.24, 2.45) is 0 Å². The number of amides is 1. The molecule has 0 fully saturated rings. The lowest BCUT2D eigenvalue weighted by Crippen LogP contribution is -2.24. The molecule has 0 aliphatic heterocycles. The van der Waals surface area contributed by atoms with Crippen LogP contribution in [0.1, 0.15) is 11.1 Å². The SMILES string of the molecule is O=C(Cc1coc2ccc3ccccc3c12)NCc1ccccc1Cl. The van der Waals surface area contributed by atoms with Gasteiger partial charge >= 0.3 is 0 Å². The monoisotopic (exact) mass is 349 g/mol. The number of carbonyl (C=O) groups excluding carboxylic acids is 1. The topological polar surface area (TPSA) is 42.2 Å². The van der Waals surface area contributed by atoms with Gasteiger partial charge in [0, 0.05) is 22.5 Å². The predicted octanol–water partition coefficient (Wildman–Crippen LogP) is 5.10. The molecule has 0 aliphatic carbocycles. The first kappa shape index (κ1) is 15.7. The highest BCUT2D eigenvalue weighted by Gasteiger charge is 2.13. The predicted molar refractivity (Wildman–Crippen MR) is 101 cm³/mol. The lowest BCUT2D eigenvalue weighted by atomic mass is 10.0. The third-order valence-corrected chi connectivity index (χ3v) is 4.69. The molecule has 0 aliphatic rings. The molecule has 0 bridgehead atoms. The summed E-state index contributed by atoms with van der Waals surface area (Å²) in [6, 6.07) is 19.6. The van der Waals surface area contributed by atoms with E-state index in [0.717, 1.165) is 32.9 Å². The van der Waals surface area contributed by atoms with Gasteiger partial charge in [0.1, 0.15) is 5.58 Å². The third-order valence-electron chi connectivity index (χ3n) is 4.32. The Morgan fingerprint density at radius 3 is 2.64 bits per heavy atom. The summed E-state index contributed by atoms with van der Waals surface area (Å²) in [5, 5.41) is 6.82. The molecule has 4 heteroatoms. The molecule has 0 saturated heterocycles. The van der Waals surface area contributed by atoms with Crippen molar-refractivity contribution in [3.63, 3.8) is 0 Å². The second-order valence-corrected chi connectivity index (χ2v) is 6.37. The first-order valence-electron chi connectivity index (χ1n) is 8.10. The van der Waals surface area contributed by atoms with Crippen LogP contribution >= 0.6 is 11.6 Å². The Kier molecular flexibility index (Phi) is 4.16. The third kappa shape index (κ3) is 3.11. The molecule has 3 nitrogen and oxygen atoms in total. The summed E-state index contributed by atoms with van der Waals surface area (Å²) in [6.45, 7) is 0.412. The molecule has 0 unspecified atom stereocenters. The lowest BCUT2D eigenvalue weighted by Gasteiger charge is -2.07. The minimum Gasteiger partial charge on any atom is -0.464 e. The Morgan fingerprint density at radius 1 is 0.960 bits per heavy atom. The van der Waals surface area contributed by atoms with Crippen molar-refractivity contribution in [2.45, 2.75) is 13.0 Å². The van der Waals surface area contributed by atoms with Crippen LogP contribution in [-0.4, -0.2) is 5.91 Å². The first-order chi connectivity index (χ1) is 12.2. The van der Waals surface area contributed by atoms with Gasteiger partial charge in [-0.05, 0) is 28.5 Å². The first-order valence-corrected chi connectivity index (χ1v) is 8.48. The average molecular weight is 350 g/mol. The zero-order valence-corrected chi connectivity index (χ0v) is 14.2. The van der Waals surface area contributed by atoms with Gasteiger partial charge in [-0.2, -0.15) is 0 Å². The van der Waals surface area contributed by atoms with Crippen molar-refractivity contribution in [3.05, 3.63) is 83.1 Å². The Morgan fingerprint density at radius 2 is 1.76 bits per heavy atom. The summed E-state index contributed by atoms with van der Waals surface area (Å²) in [4.78, 5) is 12.4. The minimum atomic E-state index is -0.0597. The van der Waals surface area contributed by atoms with Gasteiger partial charge < -0.3 is 9.73 Å². The van der Waals surface area contributed by atoms with Crippen LogP contribution in [0.3, 0.4) is 0 Å². The fourth-order valence-electron chi connectivity index (χ4n) is 3.08. The standard InChI is InChI=1S/C21H16ClNO2/c22-18-8-4-2-6-15(18)12-23-20(24)11-16-13-25-19-10-9-14-5-1-3-7-17(14)21(16)19/h1-10,13H,11-12H2,(H,23,24). The molecule has 0 atom stereocenters. The van der Waals surface area contributed by atoms with Gasteiger partial charge in [0.2, 0.25) is 5.91 Å². The van der Waals surface area contributed by atoms with Crippen LogP contribution < -0.4 is 5.32 Å². The largest absolute Gasteiger partial charge is 0.464 e. The molecule has 124 valence electrons. The summed E-state index contributed by atoms with van der Waals surface area (Å²) in [5.74, 6) is -0.0597. The van der Waals surface area contributed by atoms with Crippen molar-refractivity contribution < 1.29 is 9.21 Å². The van der Waals surface area contributed by atoms with E-state index in [9.17, 15) is 4.79 Å². The molecule has 4 aromatic rings. The molecule has 0 saturated carbocycles. The van der Waals surface area contributed by atoms with Crippen molar-refractivity contribution in [3.8, 4) is 0 Å². The molecule has 0 spiro atoms. The summed E-state index contributed by atoms with van der Waals surface area (Å²) in [5.41, 5.74) is 2.59. The molecule has 1 aromatic heterocycles. The van der Waals surface area contributed by atoms with Crippen molar-refractivity contribution in [1.82, 2.24) is 5.32 Å². The number of furan rings is 1. The molecule has 0 radical (unpaired) electrons. The zero-order chi connectivity index (χ0) is 17.2. The maximum Gasteiger partial charge on any atom is 0.224 e. The van der Waals surface area contributed by atoms with E-state index in [1.807, 2.05) is 48.5 Å². The number of hydrogen-bond acceptors (Lipinski definition) is 2. The number of hydrogen-bond donors (Lipinski definition) is 1. The van der Waals surface area contributed by atoms with Gasteiger partial charge in [-0.3, -0.25) is 4.79 Å². The summed E-state index contributed by atoms with van der Waals surface area (Å²) in [7, 11) is 0. The smallest absolute Gasteiger partial charge is 0.224 e. The van der Waals surface area contributed by atoms with E-state index in [1.54, 1.807) is 6.26 Å². The van der Waals surface area contributed by atoms with Gasteiger partial charge in [0.05, 0.1) is 12.7 Å². The minimum absolute atomic E-state index is 0.0597. The molecule has 1 heterocycles. The van der Waals surface area contributed by atoms with E-state index in [-0.39, 0.29) is 12.3 Å². The van der Waals surface area contributed by atoms with E-state index in [0.29, 0.717) is 11.6 Å². The lowest BCUT2D eigenvalue weighted by molar-refractivity contribution is -0.120. The van der Waals surface area contributed by atoms with E-state index in [2.05, 4.69) is 17.4 Å². The molecular weight excluding hydrogens is 334 g/mol. The zero-order valence-electron chi connectivity index (χ0n) is 13.5. The highest BCUT2D eigenvalue weighted by Crippen LogP contribution is 2.30. The van der Waals surface area contributed by atoms with E-state index < -0.39 is 0 Å². The van der Waals surface area contributed by atoms with Gasteiger partial charge in [-0.25, -0.2) is 0 Å². The van der Waals surface area contributed by atoms with Crippen LogP contribution in [0.15, 0.2) is 71.3 Å². The van der Waals surface area contributed by atoms with Gasteiger partial charge in [0.15, 0.2) is 0 Å². The summed E-state index contributed by atoms with van der Waals surface area (Å²) < 4.78 is 5.64. The number of nitrogens with one attached hydrogen (secondary N) is 1. The molecule has 1 N–H and O–H groups in total. The fourth-order valence-corrected chi connectivity index (χ4v) is 3.28. The number of carbonyl (C=O) groups is 1. The Labute approximate surface area is 150 Å². The Balaban J connectivity index is 1.57. The highest BCUT2D eigenvalue weighted by atomic mass is 35.5. The molecule has 4 rings (SSSR count). The number of rotatable bonds is 4. The van der Waals surface area contributed by atoms with E-state index >= 15 is 0 Å². The summed E-state index contributed by atoms with van der Waals surface area (Å²) >= 11 is 6.13. The quantitative estimate of drug-likeness (QED) is 0.557. The Hall–Kier alpha value is -2.78. The molecule has 1 amide bonds. The van der Waals surface area contributed by atoms with Crippen molar-refractivity contribution in [2.75, 3.05) is 0 Å². The van der Waals surface area contributed by atoms with Crippen LogP contribution in [0.2, 0.25) is 5.02 Å². The average Bonchev–Trinajstić information content (AvgIpc) is 3.04. The number of halogens is 1. The van der Waals surface area contributed by atoms with Crippen LogP contribution in [0.25, 0.3) is 21.7 Å². The maximum atomic E-state index is 12.4. The molecular formula is C21H16ClNO2. The fraction of sp³-hybridized carbons (Fsp3) is 0.0952. The van der Waals surface area contributed by atoms with Gasteiger partial charge in [-0.15, -0.1) is 0 Å². The second kappa shape index (κ2) is 6.61. The normalized spacial score (nSPS) is 11.1. The van der Waals surface area contributed by atoms with Crippen LogP contribution in [0.4, 0.5) is 0 Å². The summed E-state index contributed by atoms with van der Waals surface area (Å²) in [6.07, 6.45) is 1.94. The molecule has 25 heavy (non-hydrogen) atoms. The van der Waals surface area contributed by atoms with Gasteiger partial charge in [0.25, 0.3) is 0 Å². The van der Waals surface area contributed by atoms with Gasteiger partial charge in [-0.1, -0.05) is 60.1 Å². The Bertz CT molecular complexity index is 1070. The van der Waals surface area contributed by atoms with Crippen molar-refractivity contribution >= 4 is 39.2 Å². The van der Waals surface area contributed by atoms with Crippen LogP contribution in [0, 0.1) is 0 Å². The second-order valence-electron chi connectivity index (χ2n) is 5.97. The van der Waals surface area contributed by atoms with Crippen LogP contribution in [-0.2, 0) is 17.8 Å². The van der Waals surface area contributed by atoms with Crippen LogP contribution in [0.5, 0.6) is 0 Å². The van der Waals surface area contributed by atoms with E-state index in [4.69, 9.17) is 16.0 Å². The van der Waals surface area contributed by atoms with Crippen molar-refractivity contribution in [1.29, 1.82) is 0 Å². The number of benzene rings is 3.